The molecule has 0 bridgehead atoms. The van der Waals surface area contributed by atoms with E-state index in [2.05, 4.69) is 10.3 Å². The second kappa shape index (κ2) is 4.18. The molecule has 12 heavy (non-hydrogen) atoms. The van der Waals surface area contributed by atoms with Crippen LogP contribution >= 0.6 is 0 Å². The molecule has 1 aromatic heterocycles. The molecule has 1 atom stereocenters. The lowest BCUT2D eigenvalue weighted by Gasteiger charge is -2.01. The molecular weight excluding hydrogens is 154 g/mol. The Morgan fingerprint density at radius 1 is 1.67 bits per heavy atom. The van der Waals surface area contributed by atoms with E-state index in [1.807, 2.05) is 13.1 Å². The first-order chi connectivity index (χ1) is 5.77. The average Bonchev–Trinajstić information content (AvgIpc) is 2.52. The lowest BCUT2D eigenvalue weighted by atomic mass is 10.2. The summed E-state index contributed by atoms with van der Waals surface area (Å²) < 4.78 is 1.71. The van der Waals surface area contributed by atoms with Gasteiger partial charge in [-0.05, 0) is 6.42 Å². The number of hydrogen-bond donors (Lipinski definition) is 2. The Bertz CT molecular complexity index is 231. The van der Waals surface area contributed by atoms with E-state index in [4.69, 9.17) is 11.5 Å². The molecule has 0 saturated carbocycles. The van der Waals surface area contributed by atoms with Gasteiger partial charge in [-0.15, -0.1) is 5.10 Å². The predicted molar refractivity (Wildman–Crippen MR) is 46.3 cm³/mol. The number of nitrogens with zero attached hydrogens (tertiary/aromatic N) is 3. The highest BCUT2D eigenvalue weighted by molar-refractivity contribution is 4.98. The van der Waals surface area contributed by atoms with E-state index in [0.717, 1.165) is 12.1 Å². The van der Waals surface area contributed by atoms with E-state index < -0.39 is 0 Å². The van der Waals surface area contributed by atoms with Gasteiger partial charge in [-0.3, -0.25) is 4.68 Å². The van der Waals surface area contributed by atoms with Crippen molar-refractivity contribution in [2.75, 3.05) is 6.54 Å². The van der Waals surface area contributed by atoms with E-state index >= 15 is 0 Å². The maximum Gasteiger partial charge on any atom is 0.0993 e. The third-order valence-electron chi connectivity index (χ3n) is 1.73. The highest BCUT2D eigenvalue weighted by atomic mass is 15.4. The summed E-state index contributed by atoms with van der Waals surface area (Å²) in [6, 6.07) is -0.00322. The number of aromatic nitrogens is 3. The van der Waals surface area contributed by atoms with Gasteiger partial charge in [-0.2, -0.15) is 0 Å². The molecule has 0 aliphatic rings. The smallest absolute Gasteiger partial charge is 0.0993 e. The van der Waals surface area contributed by atoms with Crippen LogP contribution in [-0.2, 0) is 6.54 Å². The minimum absolute atomic E-state index is 0.00322. The van der Waals surface area contributed by atoms with Gasteiger partial charge in [0.15, 0.2) is 0 Å². The fourth-order valence-corrected chi connectivity index (χ4v) is 0.934. The number of nitrogens with two attached hydrogens (primary N) is 2. The molecule has 68 valence electrons. The molecule has 1 unspecified atom stereocenters. The summed E-state index contributed by atoms with van der Waals surface area (Å²) in [6.45, 7) is 3.29. The molecule has 0 radical (unpaired) electrons. The molecule has 0 spiro atoms. The quantitative estimate of drug-likeness (QED) is 0.645. The molecule has 1 heterocycles. The molecule has 0 aliphatic heterocycles. The van der Waals surface area contributed by atoms with Crippen LogP contribution in [-0.4, -0.2) is 21.5 Å². The Balaban J connectivity index is 2.63. The standard InChI is InChI=1S/C7H15N5/c1-2-6(9)7-5-12(4-3-8)11-10-7/h5-6H,2-4,8-9H2,1H3. The number of rotatable bonds is 4. The maximum atomic E-state index is 5.76. The number of hydrogen-bond acceptors (Lipinski definition) is 4. The van der Waals surface area contributed by atoms with Crippen LogP contribution in [0.25, 0.3) is 0 Å². The van der Waals surface area contributed by atoms with Crippen LogP contribution in [0.15, 0.2) is 6.20 Å². The monoisotopic (exact) mass is 169 g/mol. The van der Waals surface area contributed by atoms with Crippen LogP contribution in [0.3, 0.4) is 0 Å². The van der Waals surface area contributed by atoms with Crippen molar-refractivity contribution in [2.24, 2.45) is 11.5 Å². The summed E-state index contributed by atoms with van der Waals surface area (Å²) in [4.78, 5) is 0. The summed E-state index contributed by atoms with van der Waals surface area (Å²) in [5.41, 5.74) is 12.0. The molecule has 0 fully saturated rings. The molecule has 0 aliphatic carbocycles. The van der Waals surface area contributed by atoms with Gasteiger partial charge in [0.25, 0.3) is 0 Å². The van der Waals surface area contributed by atoms with Crippen LogP contribution in [0.5, 0.6) is 0 Å². The van der Waals surface area contributed by atoms with Gasteiger partial charge in [0.1, 0.15) is 0 Å². The van der Waals surface area contributed by atoms with E-state index in [1.54, 1.807) is 4.68 Å². The third-order valence-corrected chi connectivity index (χ3v) is 1.73. The minimum Gasteiger partial charge on any atom is -0.329 e. The van der Waals surface area contributed by atoms with Crippen molar-refractivity contribution in [2.45, 2.75) is 25.9 Å². The fraction of sp³-hybridized carbons (Fsp3) is 0.714. The molecule has 5 heteroatoms. The Hall–Kier alpha value is -0.940. The van der Waals surface area contributed by atoms with E-state index in [9.17, 15) is 0 Å². The van der Waals surface area contributed by atoms with Gasteiger partial charge >= 0.3 is 0 Å². The van der Waals surface area contributed by atoms with Gasteiger partial charge in [0.2, 0.25) is 0 Å². The molecule has 0 saturated heterocycles. The summed E-state index contributed by atoms with van der Waals surface area (Å²) in [5.74, 6) is 0. The first-order valence-electron chi connectivity index (χ1n) is 4.13. The van der Waals surface area contributed by atoms with Crippen LogP contribution in [0.4, 0.5) is 0 Å². The largest absolute Gasteiger partial charge is 0.329 e. The second-order valence-electron chi connectivity index (χ2n) is 2.71. The Morgan fingerprint density at radius 3 is 3.00 bits per heavy atom. The van der Waals surface area contributed by atoms with Gasteiger partial charge in [0.05, 0.1) is 24.5 Å². The molecule has 1 aromatic rings. The minimum atomic E-state index is -0.00322. The fourth-order valence-electron chi connectivity index (χ4n) is 0.934. The Labute approximate surface area is 71.7 Å². The summed E-state index contributed by atoms with van der Waals surface area (Å²) >= 11 is 0. The average molecular weight is 169 g/mol. The predicted octanol–water partition coefficient (Wildman–Crippen LogP) is -0.353. The zero-order chi connectivity index (χ0) is 8.97. The van der Waals surface area contributed by atoms with Gasteiger partial charge in [-0.25, -0.2) is 0 Å². The molecule has 0 amide bonds. The third kappa shape index (κ3) is 2.02. The van der Waals surface area contributed by atoms with Gasteiger partial charge < -0.3 is 11.5 Å². The van der Waals surface area contributed by atoms with Crippen molar-refractivity contribution in [1.29, 1.82) is 0 Å². The van der Waals surface area contributed by atoms with E-state index in [0.29, 0.717) is 13.1 Å². The summed E-state index contributed by atoms with van der Waals surface area (Å²) in [6.07, 6.45) is 2.72. The lowest BCUT2D eigenvalue weighted by Crippen LogP contribution is -2.10. The van der Waals surface area contributed by atoms with Crippen LogP contribution in [0.1, 0.15) is 25.1 Å². The lowest BCUT2D eigenvalue weighted by molar-refractivity contribution is 0.597. The first kappa shape index (κ1) is 9.15. The van der Waals surface area contributed by atoms with Gasteiger partial charge in [-0.1, -0.05) is 12.1 Å². The van der Waals surface area contributed by atoms with Crippen molar-refractivity contribution in [3.8, 4) is 0 Å². The highest BCUT2D eigenvalue weighted by Gasteiger charge is 2.07. The summed E-state index contributed by atoms with van der Waals surface area (Å²) in [7, 11) is 0. The van der Waals surface area contributed by atoms with Crippen molar-refractivity contribution < 1.29 is 0 Å². The summed E-state index contributed by atoms with van der Waals surface area (Å²) in [5, 5.41) is 7.82. The molecule has 1 rings (SSSR count). The Morgan fingerprint density at radius 2 is 2.42 bits per heavy atom. The van der Waals surface area contributed by atoms with E-state index in [-0.39, 0.29) is 6.04 Å². The van der Waals surface area contributed by atoms with Crippen molar-refractivity contribution in [3.63, 3.8) is 0 Å². The molecule has 4 N–H and O–H groups in total. The van der Waals surface area contributed by atoms with Crippen molar-refractivity contribution >= 4 is 0 Å². The van der Waals surface area contributed by atoms with Crippen LogP contribution in [0.2, 0.25) is 0 Å². The second-order valence-corrected chi connectivity index (χ2v) is 2.71. The molecule has 0 aromatic carbocycles. The SMILES string of the molecule is CCC(N)c1cn(CCN)nn1. The van der Waals surface area contributed by atoms with Crippen LogP contribution < -0.4 is 11.5 Å². The van der Waals surface area contributed by atoms with Gasteiger partial charge in [0, 0.05) is 6.54 Å². The Kier molecular flexibility index (Phi) is 3.19. The first-order valence-corrected chi connectivity index (χ1v) is 4.13. The topological polar surface area (TPSA) is 82.8 Å². The van der Waals surface area contributed by atoms with E-state index in [1.165, 1.54) is 0 Å². The molecular formula is C7H15N5. The molecule has 5 nitrogen and oxygen atoms in total. The van der Waals surface area contributed by atoms with Crippen molar-refractivity contribution in [1.82, 2.24) is 15.0 Å². The van der Waals surface area contributed by atoms with Crippen molar-refractivity contribution in [3.05, 3.63) is 11.9 Å². The maximum absolute atomic E-state index is 5.76. The normalized spacial score (nSPS) is 13.2. The highest BCUT2D eigenvalue weighted by Crippen LogP contribution is 2.08. The zero-order valence-corrected chi connectivity index (χ0v) is 7.27. The zero-order valence-electron chi connectivity index (χ0n) is 7.27. The van der Waals surface area contributed by atoms with Crippen LogP contribution in [0, 0.1) is 0 Å².